The van der Waals surface area contributed by atoms with E-state index in [4.69, 9.17) is 4.52 Å². The van der Waals surface area contributed by atoms with E-state index in [1.54, 1.807) is 22.8 Å². The van der Waals surface area contributed by atoms with Gasteiger partial charge in [0.15, 0.2) is 5.69 Å². The molecule has 1 aromatic rings. The lowest BCUT2D eigenvalue weighted by atomic mass is 10.0. The Bertz CT molecular complexity index is 728. The number of hydrogen-bond acceptors (Lipinski definition) is 5. The molecule has 3 heterocycles. The Morgan fingerprint density at radius 2 is 1.93 bits per heavy atom. The summed E-state index contributed by atoms with van der Waals surface area (Å²) in [6.07, 6.45) is 1.65. The van der Waals surface area contributed by atoms with Crippen molar-refractivity contribution in [3.63, 3.8) is 0 Å². The van der Waals surface area contributed by atoms with E-state index in [9.17, 15) is 14.4 Å². The molecule has 3 rings (SSSR count). The van der Waals surface area contributed by atoms with Crippen molar-refractivity contribution in [2.45, 2.75) is 58.5 Å². The molecule has 0 aliphatic carbocycles. The first-order valence-electron chi connectivity index (χ1n) is 9.48. The van der Waals surface area contributed by atoms with Crippen molar-refractivity contribution in [1.82, 2.24) is 20.3 Å². The summed E-state index contributed by atoms with van der Waals surface area (Å²) in [7, 11) is 0. The highest BCUT2D eigenvalue weighted by molar-refractivity contribution is 5.92. The Morgan fingerprint density at radius 1 is 1.26 bits per heavy atom. The summed E-state index contributed by atoms with van der Waals surface area (Å²) < 4.78 is 4.96. The zero-order valence-electron chi connectivity index (χ0n) is 16.4. The van der Waals surface area contributed by atoms with Crippen LogP contribution in [0.15, 0.2) is 10.6 Å². The number of aryl methyl sites for hydroxylation is 1. The van der Waals surface area contributed by atoms with Crippen LogP contribution in [0.5, 0.6) is 0 Å². The molecule has 8 nitrogen and oxygen atoms in total. The maximum Gasteiger partial charge on any atom is 0.276 e. The summed E-state index contributed by atoms with van der Waals surface area (Å²) in [4.78, 5) is 40.7. The molecule has 27 heavy (non-hydrogen) atoms. The van der Waals surface area contributed by atoms with Crippen molar-refractivity contribution in [3.05, 3.63) is 17.5 Å². The zero-order valence-corrected chi connectivity index (χ0v) is 16.4. The van der Waals surface area contributed by atoms with Gasteiger partial charge in [0.1, 0.15) is 5.76 Å². The van der Waals surface area contributed by atoms with Gasteiger partial charge in [0, 0.05) is 43.7 Å². The number of hydrogen-bond donors (Lipinski definition) is 1. The van der Waals surface area contributed by atoms with Gasteiger partial charge in [-0.25, -0.2) is 0 Å². The van der Waals surface area contributed by atoms with Crippen LogP contribution in [-0.4, -0.2) is 63.9 Å². The van der Waals surface area contributed by atoms with Gasteiger partial charge >= 0.3 is 0 Å². The molecule has 0 bridgehead atoms. The molecule has 8 heteroatoms. The lowest BCUT2D eigenvalue weighted by Gasteiger charge is -2.33. The van der Waals surface area contributed by atoms with Crippen LogP contribution < -0.4 is 5.32 Å². The molecule has 0 aromatic carbocycles. The molecule has 2 aliphatic heterocycles. The molecule has 0 radical (unpaired) electrons. The molecule has 2 aliphatic rings. The minimum absolute atomic E-state index is 0.0272. The van der Waals surface area contributed by atoms with Crippen molar-refractivity contribution in [3.8, 4) is 0 Å². The molecular weight excluding hydrogens is 348 g/mol. The van der Waals surface area contributed by atoms with Gasteiger partial charge in [0.05, 0.1) is 5.92 Å². The number of nitrogens with one attached hydrogen (secondary N) is 1. The summed E-state index contributed by atoms with van der Waals surface area (Å²) in [5.41, 5.74) is 0.0545. The predicted octanol–water partition coefficient (Wildman–Crippen LogP) is 1.35. The molecule has 0 saturated carbocycles. The molecule has 1 aromatic heterocycles. The third-order valence-electron chi connectivity index (χ3n) is 5.28. The Balaban J connectivity index is 1.49. The van der Waals surface area contributed by atoms with Gasteiger partial charge in [-0.15, -0.1) is 0 Å². The van der Waals surface area contributed by atoms with E-state index < -0.39 is 0 Å². The fraction of sp³-hybridized carbons (Fsp3) is 0.684. The smallest absolute Gasteiger partial charge is 0.276 e. The van der Waals surface area contributed by atoms with E-state index in [0.29, 0.717) is 43.9 Å². The van der Waals surface area contributed by atoms with Crippen LogP contribution in [0, 0.1) is 12.8 Å². The monoisotopic (exact) mass is 376 g/mol. The molecular formula is C19H28N4O4. The van der Waals surface area contributed by atoms with Gasteiger partial charge in [-0.2, -0.15) is 0 Å². The predicted molar refractivity (Wildman–Crippen MR) is 97.9 cm³/mol. The fourth-order valence-corrected chi connectivity index (χ4v) is 3.71. The third kappa shape index (κ3) is 4.31. The second-order valence-electron chi connectivity index (χ2n) is 8.47. The second-order valence-corrected chi connectivity index (χ2v) is 8.47. The number of carbonyl (C=O) groups excluding carboxylic acids is 3. The normalized spacial score (nSPS) is 21.6. The van der Waals surface area contributed by atoms with Crippen molar-refractivity contribution < 1.29 is 18.9 Å². The molecule has 1 atom stereocenters. The molecule has 2 saturated heterocycles. The molecule has 1 unspecified atom stereocenters. The summed E-state index contributed by atoms with van der Waals surface area (Å²) in [5, 5.41) is 6.84. The highest BCUT2D eigenvalue weighted by Gasteiger charge is 2.40. The highest BCUT2D eigenvalue weighted by atomic mass is 16.5. The van der Waals surface area contributed by atoms with Crippen LogP contribution in [0.2, 0.25) is 0 Å². The number of likely N-dealkylation sites (tertiary alicyclic amines) is 2. The fourth-order valence-electron chi connectivity index (χ4n) is 3.71. The van der Waals surface area contributed by atoms with E-state index in [1.165, 1.54) is 0 Å². The van der Waals surface area contributed by atoms with Crippen LogP contribution in [0.4, 0.5) is 0 Å². The quantitative estimate of drug-likeness (QED) is 0.859. The summed E-state index contributed by atoms with van der Waals surface area (Å²) in [6.45, 7) is 9.29. The van der Waals surface area contributed by atoms with Crippen LogP contribution in [0.3, 0.4) is 0 Å². The first kappa shape index (κ1) is 19.4. The molecule has 2 fully saturated rings. The van der Waals surface area contributed by atoms with Crippen molar-refractivity contribution in [2.75, 3.05) is 19.6 Å². The van der Waals surface area contributed by atoms with Gasteiger partial charge in [-0.05, 0) is 40.5 Å². The SMILES string of the molecule is Cc1cc(C(=O)N2CCC(NC(=O)C3CC(=O)N(C(C)(C)C)C3)CC2)no1. The van der Waals surface area contributed by atoms with Crippen LogP contribution in [-0.2, 0) is 9.59 Å². The van der Waals surface area contributed by atoms with Gasteiger partial charge in [-0.1, -0.05) is 5.16 Å². The van der Waals surface area contributed by atoms with E-state index in [2.05, 4.69) is 10.5 Å². The van der Waals surface area contributed by atoms with E-state index in [0.717, 1.165) is 0 Å². The minimum atomic E-state index is -0.297. The Hall–Kier alpha value is -2.38. The maximum atomic E-state index is 12.6. The van der Waals surface area contributed by atoms with Crippen LogP contribution in [0.1, 0.15) is 56.3 Å². The largest absolute Gasteiger partial charge is 0.361 e. The summed E-state index contributed by atoms with van der Waals surface area (Å²) in [5.74, 6) is 0.141. The van der Waals surface area contributed by atoms with Gasteiger partial charge in [-0.3, -0.25) is 14.4 Å². The third-order valence-corrected chi connectivity index (χ3v) is 5.28. The van der Waals surface area contributed by atoms with E-state index >= 15 is 0 Å². The average Bonchev–Trinajstić information content (AvgIpc) is 3.20. The maximum absolute atomic E-state index is 12.6. The molecule has 1 N–H and O–H groups in total. The standard InChI is InChI=1S/C19H28N4O4/c1-12-9-15(21-27-12)18(26)22-7-5-14(6-8-22)20-17(25)13-10-16(24)23(11-13)19(2,3)4/h9,13-14H,5-8,10-11H2,1-4H3,(H,20,25). The Kier molecular flexibility index (Phi) is 5.26. The van der Waals surface area contributed by atoms with Gasteiger partial charge in [0.25, 0.3) is 5.91 Å². The second kappa shape index (κ2) is 7.32. The number of amides is 3. The van der Waals surface area contributed by atoms with Crippen molar-refractivity contribution >= 4 is 17.7 Å². The minimum Gasteiger partial charge on any atom is -0.361 e. The molecule has 3 amide bonds. The van der Waals surface area contributed by atoms with Crippen LogP contribution >= 0.6 is 0 Å². The van der Waals surface area contributed by atoms with Crippen molar-refractivity contribution in [1.29, 1.82) is 0 Å². The van der Waals surface area contributed by atoms with Gasteiger partial charge < -0.3 is 19.6 Å². The van der Waals surface area contributed by atoms with E-state index in [-0.39, 0.29) is 41.6 Å². The van der Waals surface area contributed by atoms with Gasteiger partial charge in [0.2, 0.25) is 11.8 Å². The van der Waals surface area contributed by atoms with E-state index in [1.807, 2.05) is 20.8 Å². The zero-order chi connectivity index (χ0) is 19.8. The number of rotatable bonds is 3. The Morgan fingerprint density at radius 3 is 2.44 bits per heavy atom. The molecule has 148 valence electrons. The highest BCUT2D eigenvalue weighted by Crippen LogP contribution is 2.26. The van der Waals surface area contributed by atoms with Crippen molar-refractivity contribution in [2.24, 2.45) is 5.92 Å². The Labute approximate surface area is 159 Å². The first-order valence-corrected chi connectivity index (χ1v) is 9.48. The summed E-state index contributed by atoms with van der Waals surface area (Å²) >= 11 is 0. The number of carbonyl (C=O) groups is 3. The summed E-state index contributed by atoms with van der Waals surface area (Å²) in [6, 6.07) is 1.66. The number of piperidine rings is 1. The topological polar surface area (TPSA) is 95.8 Å². The number of aromatic nitrogens is 1. The number of nitrogens with zero attached hydrogens (tertiary/aromatic N) is 3. The molecule has 0 spiro atoms. The van der Waals surface area contributed by atoms with Crippen LogP contribution in [0.25, 0.3) is 0 Å². The lowest BCUT2D eigenvalue weighted by molar-refractivity contribution is -0.132. The first-order chi connectivity index (χ1) is 12.6. The lowest BCUT2D eigenvalue weighted by Crippen LogP contribution is -2.48. The average molecular weight is 376 g/mol.